The molecule has 0 radical (unpaired) electrons. The number of para-hydroxylation sites is 1. The maximum absolute atomic E-state index is 12.5. The largest absolute Gasteiger partial charge is 0.402 e. The van der Waals surface area contributed by atoms with Crippen molar-refractivity contribution < 1.29 is 8.42 Å². The standard InChI is InChI=1S/C16H16N3O2S/c1-13-12-16(14-8-4-2-5-9-14)19(18-13,22(17,20)21)15-10-6-3-7-11-15/h2-12H,1H3,(H2,17,20,21)/q+1. The molecule has 0 amide bonds. The van der Waals surface area contributed by atoms with Crippen LogP contribution in [-0.4, -0.2) is 14.1 Å². The Balaban J connectivity index is 2.33. The lowest BCUT2D eigenvalue weighted by Gasteiger charge is -2.27. The van der Waals surface area contributed by atoms with Gasteiger partial charge in [-0.3, -0.25) is 0 Å². The molecule has 0 saturated carbocycles. The monoisotopic (exact) mass is 314 g/mol. The Bertz CT molecular complexity index is 859. The third-order valence-corrected chi connectivity index (χ3v) is 4.74. The molecule has 112 valence electrons. The van der Waals surface area contributed by atoms with Crippen LogP contribution in [0.25, 0.3) is 5.70 Å². The highest BCUT2D eigenvalue weighted by atomic mass is 32.2. The van der Waals surface area contributed by atoms with E-state index in [0.29, 0.717) is 17.1 Å². The fourth-order valence-electron chi connectivity index (χ4n) is 2.63. The zero-order chi connectivity index (χ0) is 15.8. The number of quaternary nitrogens is 1. The van der Waals surface area contributed by atoms with Crippen molar-refractivity contribution in [3.63, 3.8) is 0 Å². The van der Waals surface area contributed by atoms with E-state index in [-0.39, 0.29) is 0 Å². The van der Waals surface area contributed by atoms with Crippen molar-refractivity contribution in [2.45, 2.75) is 6.92 Å². The first-order chi connectivity index (χ1) is 10.4. The summed E-state index contributed by atoms with van der Waals surface area (Å²) in [5, 5.41) is 9.96. The van der Waals surface area contributed by atoms with Crippen LogP contribution in [0, 0.1) is 0 Å². The highest BCUT2D eigenvalue weighted by Gasteiger charge is 2.51. The van der Waals surface area contributed by atoms with Crippen LogP contribution in [0.15, 0.2) is 71.8 Å². The van der Waals surface area contributed by atoms with Crippen molar-refractivity contribution >= 4 is 27.3 Å². The van der Waals surface area contributed by atoms with Crippen molar-refractivity contribution in [2.24, 2.45) is 10.2 Å². The summed E-state index contributed by atoms with van der Waals surface area (Å²) in [6, 6.07) is 18.1. The van der Waals surface area contributed by atoms with Crippen molar-refractivity contribution in [2.75, 3.05) is 0 Å². The first-order valence-corrected chi connectivity index (χ1v) is 8.27. The Kier molecular flexibility index (Phi) is 3.44. The Morgan fingerprint density at radius 2 is 1.50 bits per heavy atom. The topological polar surface area (TPSA) is 72.5 Å². The van der Waals surface area contributed by atoms with Gasteiger partial charge in [0, 0.05) is 23.8 Å². The summed E-state index contributed by atoms with van der Waals surface area (Å²) in [6.07, 6.45) is 1.76. The molecule has 6 heteroatoms. The molecule has 0 spiro atoms. The first-order valence-electron chi connectivity index (χ1n) is 6.77. The number of hydrogen-bond acceptors (Lipinski definition) is 3. The van der Waals surface area contributed by atoms with E-state index in [1.807, 2.05) is 36.4 Å². The van der Waals surface area contributed by atoms with Gasteiger partial charge >= 0.3 is 10.2 Å². The Hall–Kier alpha value is -2.28. The number of nitrogens with zero attached hydrogens (tertiary/aromatic N) is 2. The molecule has 0 saturated heterocycles. The molecule has 1 unspecified atom stereocenters. The van der Waals surface area contributed by atoms with Gasteiger partial charge in [0.15, 0.2) is 11.4 Å². The predicted octanol–water partition coefficient (Wildman–Crippen LogP) is 2.63. The van der Waals surface area contributed by atoms with Crippen LogP contribution in [-0.2, 0) is 10.2 Å². The second-order valence-electron chi connectivity index (χ2n) is 5.06. The summed E-state index contributed by atoms with van der Waals surface area (Å²) in [7, 11) is -4.07. The molecule has 1 aliphatic heterocycles. The van der Waals surface area contributed by atoms with E-state index < -0.39 is 14.2 Å². The number of nitrogens with two attached hydrogens (primary N) is 1. The van der Waals surface area contributed by atoms with E-state index in [0.717, 1.165) is 5.56 Å². The molecule has 22 heavy (non-hydrogen) atoms. The van der Waals surface area contributed by atoms with Crippen LogP contribution in [0.2, 0.25) is 0 Å². The second-order valence-corrected chi connectivity index (χ2v) is 6.62. The minimum absolute atomic E-state index is 0.483. The van der Waals surface area contributed by atoms with E-state index in [1.54, 1.807) is 37.3 Å². The molecule has 0 aliphatic carbocycles. The molecule has 2 aromatic carbocycles. The van der Waals surface area contributed by atoms with Gasteiger partial charge in [0.25, 0.3) is 0 Å². The average molecular weight is 314 g/mol. The SMILES string of the molecule is CC1=N[N+](c2ccccc2)(S(N)(=O)=O)C(c2ccccc2)=C1. The molecule has 2 N–H and O–H groups in total. The maximum atomic E-state index is 12.5. The lowest BCUT2D eigenvalue weighted by Crippen LogP contribution is -2.50. The van der Waals surface area contributed by atoms with Gasteiger partial charge in [-0.15, -0.1) is 0 Å². The van der Waals surface area contributed by atoms with Crippen molar-refractivity contribution in [1.29, 1.82) is 0 Å². The zero-order valence-corrected chi connectivity index (χ0v) is 12.9. The van der Waals surface area contributed by atoms with Crippen LogP contribution in [0.3, 0.4) is 0 Å². The summed E-state index contributed by atoms with van der Waals surface area (Å²) < 4.78 is 24.2. The van der Waals surface area contributed by atoms with Gasteiger partial charge in [-0.25, -0.2) is 0 Å². The number of rotatable bonds is 3. The van der Waals surface area contributed by atoms with Crippen molar-refractivity contribution in [1.82, 2.24) is 4.00 Å². The van der Waals surface area contributed by atoms with Gasteiger partial charge in [0.05, 0.1) is 0 Å². The molecule has 3 rings (SSSR count). The Morgan fingerprint density at radius 1 is 0.955 bits per heavy atom. The van der Waals surface area contributed by atoms with Gasteiger partial charge in [0.1, 0.15) is 5.71 Å². The second kappa shape index (κ2) is 5.17. The lowest BCUT2D eigenvalue weighted by molar-refractivity contribution is 0.522. The van der Waals surface area contributed by atoms with E-state index in [9.17, 15) is 8.42 Å². The normalized spacial score (nSPS) is 21.4. The summed E-state index contributed by atoms with van der Waals surface area (Å²) in [6.45, 7) is 1.76. The van der Waals surface area contributed by atoms with Crippen LogP contribution in [0.1, 0.15) is 12.5 Å². The molecule has 2 aromatic rings. The molecule has 1 aliphatic rings. The van der Waals surface area contributed by atoms with Gasteiger partial charge < -0.3 is 0 Å². The molecule has 0 fully saturated rings. The van der Waals surface area contributed by atoms with Gasteiger partial charge in [-0.1, -0.05) is 41.5 Å². The highest BCUT2D eigenvalue weighted by molar-refractivity contribution is 7.89. The Labute approximate surface area is 129 Å². The van der Waals surface area contributed by atoms with E-state index in [2.05, 4.69) is 5.10 Å². The zero-order valence-electron chi connectivity index (χ0n) is 12.0. The number of benzene rings is 2. The van der Waals surface area contributed by atoms with Crippen LogP contribution >= 0.6 is 0 Å². The minimum atomic E-state index is -4.07. The Morgan fingerprint density at radius 3 is 2.05 bits per heavy atom. The van der Waals surface area contributed by atoms with Crippen molar-refractivity contribution in [3.05, 3.63) is 72.3 Å². The summed E-state index contributed by atoms with van der Waals surface area (Å²) >= 11 is 0. The van der Waals surface area contributed by atoms with E-state index in [4.69, 9.17) is 5.14 Å². The smallest absolute Gasteiger partial charge is 0.179 e. The van der Waals surface area contributed by atoms with Crippen LogP contribution < -0.4 is 9.14 Å². The van der Waals surface area contributed by atoms with Gasteiger partial charge in [-0.05, 0) is 23.1 Å². The van der Waals surface area contributed by atoms with E-state index in [1.165, 1.54) is 0 Å². The van der Waals surface area contributed by atoms with Gasteiger partial charge in [-0.2, -0.15) is 13.6 Å². The average Bonchev–Trinajstić information content (AvgIpc) is 2.88. The van der Waals surface area contributed by atoms with Crippen molar-refractivity contribution in [3.8, 4) is 0 Å². The quantitative estimate of drug-likeness (QED) is 0.885. The van der Waals surface area contributed by atoms with Gasteiger partial charge in [0.2, 0.25) is 0 Å². The predicted molar refractivity (Wildman–Crippen MR) is 88.9 cm³/mol. The highest BCUT2D eigenvalue weighted by Crippen LogP contribution is 2.41. The summed E-state index contributed by atoms with van der Waals surface area (Å²) in [5.74, 6) is 0. The number of allylic oxidation sites excluding steroid dienone is 1. The molecule has 5 nitrogen and oxygen atoms in total. The van der Waals surface area contributed by atoms with Crippen LogP contribution in [0.5, 0.6) is 0 Å². The minimum Gasteiger partial charge on any atom is -0.179 e. The lowest BCUT2D eigenvalue weighted by atomic mass is 10.1. The fourth-order valence-corrected chi connectivity index (χ4v) is 3.72. The summed E-state index contributed by atoms with van der Waals surface area (Å²) in [5.41, 5.74) is 2.38. The fraction of sp³-hybridized carbons (Fsp3) is 0.0625. The van der Waals surface area contributed by atoms with E-state index >= 15 is 0 Å². The molecule has 1 heterocycles. The molecule has 0 bridgehead atoms. The first kappa shape index (κ1) is 14.6. The molecule has 1 atom stereocenters. The molecular weight excluding hydrogens is 298 g/mol. The molecular formula is C16H16N3O2S+. The third kappa shape index (κ3) is 2.18. The number of hydrogen-bond donors (Lipinski definition) is 1. The third-order valence-electron chi connectivity index (χ3n) is 3.51. The van der Waals surface area contributed by atoms with Crippen LogP contribution in [0.4, 0.5) is 5.69 Å². The summed E-state index contributed by atoms with van der Waals surface area (Å²) in [4.78, 5) is 0. The molecule has 0 aromatic heterocycles. The maximum Gasteiger partial charge on any atom is 0.402 e.